The van der Waals surface area contributed by atoms with Gasteiger partial charge in [-0.15, -0.1) is 4.40 Å². The number of nitrogens with one attached hydrogen (secondary N) is 2. The van der Waals surface area contributed by atoms with Crippen molar-refractivity contribution in [1.82, 2.24) is 19.9 Å². The molecule has 4 N–H and O–H groups in total. The molecule has 4 rings (SSSR count). The number of carbonyl (C=O) groups is 1. The number of amidine groups is 1. The summed E-state index contributed by atoms with van der Waals surface area (Å²) in [5.74, 6) is -0.0878. The fraction of sp³-hybridized carbons (Fsp3) is 0.238. The summed E-state index contributed by atoms with van der Waals surface area (Å²) in [6.07, 6.45) is 6.76. The number of hydrogen-bond acceptors (Lipinski definition) is 7. The number of benzene rings is 1. The van der Waals surface area contributed by atoms with Gasteiger partial charge in [0, 0.05) is 24.2 Å². The van der Waals surface area contributed by atoms with Crippen molar-refractivity contribution in [3.63, 3.8) is 0 Å². The second kappa shape index (κ2) is 8.54. The van der Waals surface area contributed by atoms with Gasteiger partial charge in [-0.3, -0.25) is 14.5 Å². The number of fused-ring (bicyclic) bond motifs is 1. The van der Waals surface area contributed by atoms with Crippen LogP contribution in [-0.4, -0.2) is 46.8 Å². The molecule has 12 heteroatoms. The fourth-order valence-electron chi connectivity index (χ4n) is 3.28. The Morgan fingerprint density at radius 1 is 1.27 bits per heavy atom. The molecule has 1 aliphatic rings. The van der Waals surface area contributed by atoms with Crippen LogP contribution in [-0.2, 0) is 16.8 Å². The van der Waals surface area contributed by atoms with E-state index in [1.54, 1.807) is 49.1 Å². The normalized spacial score (nSPS) is 14.5. The highest BCUT2D eigenvalue weighted by atomic mass is 32.2. The van der Waals surface area contributed by atoms with Crippen molar-refractivity contribution < 1.29 is 17.9 Å². The molecule has 0 spiro atoms. The van der Waals surface area contributed by atoms with Crippen LogP contribution in [0.15, 0.2) is 59.6 Å². The molecule has 2 aromatic heterocycles. The van der Waals surface area contributed by atoms with Crippen LogP contribution in [0.5, 0.6) is 5.75 Å². The molecular formula is C21H23N7O4S. The average molecular weight is 470 g/mol. The average Bonchev–Trinajstić information content (AvgIpc) is 3.24. The number of nitrogens with two attached hydrogens (primary N) is 1. The summed E-state index contributed by atoms with van der Waals surface area (Å²) < 4.78 is 37.1. The third-order valence-corrected chi connectivity index (χ3v) is 5.68. The summed E-state index contributed by atoms with van der Waals surface area (Å²) in [5, 5.41) is 2.95. The molecule has 0 saturated heterocycles. The van der Waals surface area contributed by atoms with E-state index < -0.39 is 15.7 Å². The zero-order chi connectivity index (χ0) is 23.6. The lowest BCUT2D eigenvalue weighted by atomic mass is 10.1. The van der Waals surface area contributed by atoms with E-state index in [2.05, 4.69) is 24.4 Å². The van der Waals surface area contributed by atoms with Crippen molar-refractivity contribution in [1.29, 1.82) is 0 Å². The van der Waals surface area contributed by atoms with Gasteiger partial charge in [0.05, 0.1) is 35.4 Å². The van der Waals surface area contributed by atoms with Gasteiger partial charge in [0.1, 0.15) is 12.4 Å². The zero-order valence-corrected chi connectivity index (χ0v) is 18.8. The Morgan fingerprint density at radius 2 is 2.09 bits per heavy atom. The maximum Gasteiger partial charge on any atom is 0.344 e. The van der Waals surface area contributed by atoms with Gasteiger partial charge in [-0.1, -0.05) is 6.07 Å². The van der Waals surface area contributed by atoms with Crippen LogP contribution < -0.4 is 20.5 Å². The van der Waals surface area contributed by atoms with Crippen molar-refractivity contribution in [2.24, 2.45) is 10.1 Å². The van der Waals surface area contributed by atoms with Gasteiger partial charge in [0.15, 0.2) is 5.84 Å². The van der Waals surface area contributed by atoms with E-state index >= 15 is 0 Å². The van der Waals surface area contributed by atoms with E-state index in [1.807, 2.05) is 24.6 Å². The molecule has 1 aliphatic heterocycles. The molecule has 0 unspecified atom stereocenters. The lowest BCUT2D eigenvalue weighted by Crippen LogP contribution is -2.48. The van der Waals surface area contributed by atoms with E-state index in [9.17, 15) is 13.2 Å². The van der Waals surface area contributed by atoms with Gasteiger partial charge in [-0.2, -0.15) is 8.42 Å². The molecule has 3 aromatic rings. The summed E-state index contributed by atoms with van der Waals surface area (Å²) in [5.41, 5.74) is 6.92. The number of imidazole rings is 1. The molecular weight excluding hydrogens is 446 g/mol. The predicted octanol–water partition coefficient (Wildman–Crippen LogP) is 1.29. The summed E-state index contributed by atoms with van der Waals surface area (Å²) in [6.45, 7) is 4.23. The highest BCUT2D eigenvalue weighted by Crippen LogP contribution is 2.30. The topological polar surface area (TPSA) is 154 Å². The molecule has 172 valence electrons. The van der Waals surface area contributed by atoms with Crippen molar-refractivity contribution in [3.8, 4) is 5.75 Å². The number of hydrogen-bond donors (Lipinski definition) is 3. The molecule has 0 aliphatic carbocycles. The van der Waals surface area contributed by atoms with Crippen LogP contribution >= 0.6 is 0 Å². The van der Waals surface area contributed by atoms with Gasteiger partial charge < -0.3 is 20.4 Å². The molecule has 3 heterocycles. The summed E-state index contributed by atoms with van der Waals surface area (Å²) in [6, 6.07) is 8.23. The first kappa shape index (κ1) is 22.3. The predicted molar refractivity (Wildman–Crippen MR) is 122 cm³/mol. The highest BCUT2D eigenvalue weighted by Gasteiger charge is 2.27. The number of aromatic nitrogens is 3. The van der Waals surface area contributed by atoms with Crippen LogP contribution in [0.3, 0.4) is 0 Å². The van der Waals surface area contributed by atoms with Crippen LogP contribution in [0.2, 0.25) is 0 Å². The first-order valence-corrected chi connectivity index (χ1v) is 11.4. The number of pyridine rings is 1. The van der Waals surface area contributed by atoms with Crippen LogP contribution in [0.4, 0.5) is 5.69 Å². The van der Waals surface area contributed by atoms with Gasteiger partial charge in [0.25, 0.3) is 5.91 Å². The van der Waals surface area contributed by atoms with E-state index in [0.717, 1.165) is 5.69 Å². The molecule has 0 bridgehead atoms. The number of nitrogens with zero attached hydrogens (tertiary/aromatic N) is 4. The SMILES string of the molecule is CC(C)(COc1cccc2c1C(N)=NS(=O)(=O)N2)NC(=O)c1ccnc(Cn2ccnc2)c1. The number of anilines is 1. The first-order valence-electron chi connectivity index (χ1n) is 9.99. The minimum atomic E-state index is -3.88. The lowest BCUT2D eigenvalue weighted by Gasteiger charge is -2.27. The second-order valence-corrected chi connectivity index (χ2v) is 9.47. The van der Waals surface area contributed by atoms with Crippen molar-refractivity contribution in [3.05, 3.63) is 72.1 Å². The molecule has 0 atom stereocenters. The monoisotopic (exact) mass is 469 g/mol. The quantitative estimate of drug-likeness (QED) is 0.471. The maximum absolute atomic E-state index is 12.9. The van der Waals surface area contributed by atoms with Crippen molar-refractivity contribution in [2.45, 2.75) is 25.9 Å². The number of carbonyl (C=O) groups excluding carboxylic acids is 1. The van der Waals surface area contributed by atoms with Crippen LogP contribution in [0.25, 0.3) is 0 Å². The molecule has 0 fully saturated rings. The third kappa shape index (κ3) is 5.29. The maximum atomic E-state index is 12.9. The van der Waals surface area contributed by atoms with E-state index in [4.69, 9.17) is 10.5 Å². The highest BCUT2D eigenvalue weighted by molar-refractivity contribution is 7.91. The standard InChI is InChI=1S/C21H23N7O4S/c1-21(2,12-32-17-5-3-4-16-18(17)19(22)27-33(30,31)26-16)25-20(29)14-6-7-24-15(10-14)11-28-9-8-23-13-28/h3-10,13,26H,11-12H2,1-2H3,(H2,22,27)(H,25,29). The van der Waals surface area contributed by atoms with E-state index in [0.29, 0.717) is 23.4 Å². The van der Waals surface area contributed by atoms with Crippen LogP contribution in [0, 0.1) is 0 Å². The minimum Gasteiger partial charge on any atom is -0.490 e. The van der Waals surface area contributed by atoms with Gasteiger partial charge in [-0.25, -0.2) is 4.98 Å². The third-order valence-electron chi connectivity index (χ3n) is 4.76. The largest absolute Gasteiger partial charge is 0.490 e. The van der Waals surface area contributed by atoms with Crippen molar-refractivity contribution in [2.75, 3.05) is 11.3 Å². The Bertz CT molecular complexity index is 1320. The Hall–Kier alpha value is -3.93. The number of rotatable bonds is 7. The zero-order valence-electron chi connectivity index (χ0n) is 18.0. The minimum absolute atomic E-state index is 0.0994. The number of ether oxygens (including phenoxy) is 1. The van der Waals surface area contributed by atoms with Gasteiger partial charge in [-0.05, 0) is 38.1 Å². The Kier molecular flexibility index (Phi) is 5.77. The second-order valence-electron chi connectivity index (χ2n) is 8.13. The lowest BCUT2D eigenvalue weighted by molar-refractivity contribution is 0.0880. The Labute approximate surface area is 190 Å². The first-order chi connectivity index (χ1) is 15.6. The molecule has 0 saturated carbocycles. The Balaban J connectivity index is 1.44. The number of amides is 1. The van der Waals surface area contributed by atoms with E-state index in [1.165, 1.54) is 0 Å². The fourth-order valence-corrected chi connectivity index (χ4v) is 4.13. The Morgan fingerprint density at radius 3 is 2.85 bits per heavy atom. The van der Waals surface area contributed by atoms with Gasteiger partial charge in [0.2, 0.25) is 0 Å². The molecule has 0 radical (unpaired) electrons. The summed E-state index contributed by atoms with van der Waals surface area (Å²) in [4.78, 5) is 21.2. The summed E-state index contributed by atoms with van der Waals surface area (Å²) in [7, 11) is -3.88. The smallest absolute Gasteiger partial charge is 0.344 e. The molecule has 1 aromatic carbocycles. The van der Waals surface area contributed by atoms with Crippen molar-refractivity contribution >= 4 is 27.6 Å². The summed E-state index contributed by atoms with van der Waals surface area (Å²) >= 11 is 0. The van der Waals surface area contributed by atoms with Gasteiger partial charge >= 0.3 is 10.2 Å². The molecule has 33 heavy (non-hydrogen) atoms. The molecule has 11 nitrogen and oxygen atoms in total. The van der Waals surface area contributed by atoms with E-state index in [-0.39, 0.29) is 24.0 Å². The molecule has 1 amide bonds. The van der Waals surface area contributed by atoms with Crippen LogP contribution in [0.1, 0.15) is 35.5 Å².